The summed E-state index contributed by atoms with van der Waals surface area (Å²) in [5.74, 6) is 0.210. The second kappa shape index (κ2) is 8.76. The first kappa shape index (κ1) is 18.3. The standard InChI is InChI=1S/C23H20N2O2S/c26-22(16-28-23-25-19-13-7-8-14-21(19)27-23)24-20(18-11-5-2-6-12-18)15-17-9-3-1-4-10-17/h1-14,20H,15-16H2,(H,24,26)/t20-/m1/s1. The van der Waals surface area contributed by atoms with E-state index >= 15 is 0 Å². The predicted molar refractivity (Wildman–Crippen MR) is 112 cm³/mol. The highest BCUT2D eigenvalue weighted by atomic mass is 32.2. The maximum absolute atomic E-state index is 12.6. The topological polar surface area (TPSA) is 55.1 Å². The fourth-order valence-corrected chi connectivity index (χ4v) is 3.71. The van der Waals surface area contributed by atoms with Gasteiger partial charge < -0.3 is 9.73 Å². The molecule has 4 rings (SSSR count). The minimum atomic E-state index is -0.0830. The van der Waals surface area contributed by atoms with Crippen LogP contribution in [0.3, 0.4) is 0 Å². The van der Waals surface area contributed by atoms with Gasteiger partial charge in [0.2, 0.25) is 5.91 Å². The van der Waals surface area contributed by atoms with Crippen molar-refractivity contribution in [3.05, 3.63) is 96.1 Å². The number of hydrogen-bond donors (Lipinski definition) is 1. The normalized spacial score (nSPS) is 12.0. The average molecular weight is 388 g/mol. The number of thioether (sulfide) groups is 1. The lowest BCUT2D eigenvalue weighted by molar-refractivity contribution is -0.119. The van der Waals surface area contributed by atoms with Crippen LogP contribution >= 0.6 is 11.8 Å². The van der Waals surface area contributed by atoms with Gasteiger partial charge in [0.15, 0.2) is 5.58 Å². The molecule has 4 nitrogen and oxygen atoms in total. The fraction of sp³-hybridized carbons (Fsp3) is 0.130. The second-order valence-corrected chi connectivity index (χ2v) is 7.38. The Bertz CT molecular complexity index is 1010. The average Bonchev–Trinajstić information content (AvgIpc) is 3.16. The number of nitrogens with one attached hydrogen (secondary N) is 1. The van der Waals surface area contributed by atoms with E-state index in [2.05, 4.69) is 22.4 Å². The van der Waals surface area contributed by atoms with Crippen LogP contribution in [0.4, 0.5) is 0 Å². The van der Waals surface area contributed by atoms with Gasteiger partial charge >= 0.3 is 0 Å². The van der Waals surface area contributed by atoms with Gasteiger partial charge in [0.05, 0.1) is 11.8 Å². The number of nitrogens with zero attached hydrogens (tertiary/aromatic N) is 1. The molecule has 1 aromatic heterocycles. The van der Waals surface area contributed by atoms with Crippen LogP contribution in [0, 0.1) is 0 Å². The van der Waals surface area contributed by atoms with Gasteiger partial charge in [-0.25, -0.2) is 4.98 Å². The van der Waals surface area contributed by atoms with Crippen molar-refractivity contribution in [3.8, 4) is 0 Å². The van der Waals surface area contributed by atoms with Crippen molar-refractivity contribution in [1.82, 2.24) is 10.3 Å². The summed E-state index contributed by atoms with van der Waals surface area (Å²) >= 11 is 1.31. The molecule has 0 saturated heterocycles. The molecule has 4 aromatic rings. The number of carbonyl (C=O) groups is 1. The van der Waals surface area contributed by atoms with Crippen molar-refractivity contribution in [1.29, 1.82) is 0 Å². The summed E-state index contributed by atoms with van der Waals surface area (Å²) in [5, 5.41) is 3.67. The molecule has 0 spiro atoms. The molecule has 28 heavy (non-hydrogen) atoms. The molecule has 140 valence electrons. The molecule has 0 saturated carbocycles. The number of carbonyl (C=O) groups excluding carboxylic acids is 1. The van der Waals surface area contributed by atoms with Gasteiger partial charge in [-0.15, -0.1) is 0 Å². The summed E-state index contributed by atoms with van der Waals surface area (Å²) < 4.78 is 5.68. The highest BCUT2D eigenvalue weighted by molar-refractivity contribution is 7.99. The maximum Gasteiger partial charge on any atom is 0.257 e. The molecule has 0 aliphatic heterocycles. The lowest BCUT2D eigenvalue weighted by Crippen LogP contribution is -2.31. The summed E-state index contributed by atoms with van der Waals surface area (Å²) in [6, 6.07) is 27.7. The van der Waals surface area contributed by atoms with Crippen LogP contribution in [0.5, 0.6) is 0 Å². The molecule has 0 aliphatic rings. The SMILES string of the molecule is O=C(CSc1nc2ccccc2o1)N[C@H](Cc1ccccc1)c1ccccc1. The molecule has 1 atom stereocenters. The molecule has 0 fully saturated rings. The van der Waals surface area contributed by atoms with Crippen molar-refractivity contribution in [3.63, 3.8) is 0 Å². The molecule has 0 radical (unpaired) electrons. The van der Waals surface area contributed by atoms with Crippen molar-refractivity contribution in [2.75, 3.05) is 5.75 Å². The van der Waals surface area contributed by atoms with Crippen molar-refractivity contribution < 1.29 is 9.21 Å². The van der Waals surface area contributed by atoms with E-state index in [1.807, 2.05) is 72.8 Å². The van der Waals surface area contributed by atoms with Crippen molar-refractivity contribution in [2.24, 2.45) is 0 Å². The third-order valence-electron chi connectivity index (χ3n) is 4.42. The number of amides is 1. The minimum absolute atomic E-state index is 0.0444. The van der Waals surface area contributed by atoms with E-state index in [1.165, 1.54) is 17.3 Å². The third-order valence-corrected chi connectivity index (χ3v) is 5.25. The maximum atomic E-state index is 12.6. The van der Waals surface area contributed by atoms with Gasteiger partial charge in [-0.05, 0) is 29.7 Å². The number of fused-ring (bicyclic) bond motifs is 1. The van der Waals surface area contributed by atoms with Crippen LogP contribution in [-0.4, -0.2) is 16.6 Å². The van der Waals surface area contributed by atoms with Crippen LogP contribution in [-0.2, 0) is 11.2 Å². The summed E-state index contributed by atoms with van der Waals surface area (Å²) in [6.07, 6.45) is 0.740. The molecular weight excluding hydrogens is 368 g/mol. The lowest BCUT2D eigenvalue weighted by Gasteiger charge is -2.19. The Kier molecular flexibility index (Phi) is 5.73. The van der Waals surface area contributed by atoms with E-state index in [0.717, 1.165) is 23.1 Å². The number of aromatic nitrogens is 1. The Morgan fingerprint density at radius 2 is 1.61 bits per heavy atom. The van der Waals surface area contributed by atoms with Crippen molar-refractivity contribution in [2.45, 2.75) is 17.7 Å². The Balaban J connectivity index is 1.42. The van der Waals surface area contributed by atoms with Gasteiger partial charge in [0, 0.05) is 0 Å². The lowest BCUT2D eigenvalue weighted by atomic mass is 9.99. The smallest absolute Gasteiger partial charge is 0.257 e. The number of rotatable bonds is 7. The highest BCUT2D eigenvalue weighted by Crippen LogP contribution is 2.24. The third kappa shape index (κ3) is 4.61. The molecule has 1 heterocycles. The fourth-order valence-electron chi connectivity index (χ4n) is 3.06. The Labute approximate surface area is 168 Å². The van der Waals surface area contributed by atoms with Gasteiger partial charge in [0.1, 0.15) is 5.52 Å². The van der Waals surface area contributed by atoms with Crippen LogP contribution < -0.4 is 5.32 Å². The number of benzene rings is 3. The first-order valence-corrected chi connectivity index (χ1v) is 10.1. The molecule has 0 aliphatic carbocycles. The van der Waals surface area contributed by atoms with Crippen LogP contribution in [0.15, 0.2) is 94.6 Å². The van der Waals surface area contributed by atoms with Gasteiger partial charge in [-0.1, -0.05) is 84.6 Å². The van der Waals surface area contributed by atoms with Crippen molar-refractivity contribution >= 4 is 28.8 Å². The Morgan fingerprint density at radius 1 is 0.929 bits per heavy atom. The van der Waals surface area contributed by atoms with Gasteiger partial charge in [0.25, 0.3) is 5.22 Å². The monoisotopic (exact) mass is 388 g/mol. The minimum Gasteiger partial charge on any atom is -0.431 e. The van der Waals surface area contributed by atoms with Crippen LogP contribution in [0.2, 0.25) is 0 Å². The molecule has 1 N–H and O–H groups in total. The molecule has 0 bridgehead atoms. The number of hydrogen-bond acceptors (Lipinski definition) is 4. The largest absolute Gasteiger partial charge is 0.431 e. The highest BCUT2D eigenvalue weighted by Gasteiger charge is 2.16. The first-order chi connectivity index (χ1) is 13.8. The molecule has 5 heteroatoms. The van der Waals surface area contributed by atoms with E-state index in [4.69, 9.17) is 4.42 Å². The predicted octanol–water partition coefficient (Wildman–Crippen LogP) is 5.02. The number of oxazole rings is 1. The summed E-state index contributed by atoms with van der Waals surface area (Å²) in [4.78, 5) is 17.0. The van der Waals surface area contributed by atoms with E-state index in [0.29, 0.717) is 5.22 Å². The molecular formula is C23H20N2O2S. The summed E-state index contributed by atoms with van der Waals surface area (Å²) in [5.41, 5.74) is 3.81. The zero-order valence-electron chi connectivity index (χ0n) is 15.2. The number of para-hydroxylation sites is 2. The van der Waals surface area contributed by atoms with Crippen LogP contribution in [0.25, 0.3) is 11.1 Å². The van der Waals surface area contributed by atoms with Crippen LogP contribution in [0.1, 0.15) is 17.2 Å². The van der Waals surface area contributed by atoms with Gasteiger partial charge in [-0.2, -0.15) is 0 Å². The second-order valence-electron chi connectivity index (χ2n) is 6.46. The molecule has 1 amide bonds. The summed E-state index contributed by atoms with van der Waals surface area (Å²) in [6.45, 7) is 0. The van der Waals surface area contributed by atoms with E-state index < -0.39 is 0 Å². The molecule has 0 unspecified atom stereocenters. The summed E-state index contributed by atoms with van der Waals surface area (Å²) in [7, 11) is 0. The first-order valence-electron chi connectivity index (χ1n) is 9.14. The molecule has 3 aromatic carbocycles. The van der Waals surface area contributed by atoms with E-state index in [1.54, 1.807) is 0 Å². The van der Waals surface area contributed by atoms with Gasteiger partial charge in [-0.3, -0.25) is 4.79 Å². The quantitative estimate of drug-likeness (QED) is 0.452. The Morgan fingerprint density at radius 3 is 2.36 bits per heavy atom. The Hall–Kier alpha value is -3.05. The zero-order valence-corrected chi connectivity index (χ0v) is 16.1. The van der Waals surface area contributed by atoms with E-state index in [-0.39, 0.29) is 17.7 Å². The zero-order chi connectivity index (χ0) is 19.2. The van der Waals surface area contributed by atoms with E-state index in [9.17, 15) is 4.79 Å².